The maximum atomic E-state index is 14.4. The maximum Gasteiger partial charge on any atom is 0.255 e. The van der Waals surface area contributed by atoms with Gasteiger partial charge in [-0.25, -0.2) is 8.91 Å². The number of aromatic nitrogens is 3. The molecule has 210 valence electrons. The van der Waals surface area contributed by atoms with Crippen molar-refractivity contribution in [1.82, 2.24) is 25.2 Å². The molecule has 3 heterocycles. The van der Waals surface area contributed by atoms with E-state index in [1.807, 2.05) is 12.1 Å². The Morgan fingerprint density at radius 1 is 1.15 bits per heavy atom. The zero-order valence-electron chi connectivity index (χ0n) is 22.9. The van der Waals surface area contributed by atoms with Crippen LogP contribution >= 0.6 is 0 Å². The normalized spacial score (nSPS) is 22.9. The molecule has 3 aromatic heterocycles. The minimum absolute atomic E-state index is 0.0211. The number of rotatable bonds is 8. The van der Waals surface area contributed by atoms with Crippen molar-refractivity contribution in [2.45, 2.75) is 82.1 Å². The van der Waals surface area contributed by atoms with Gasteiger partial charge in [0.05, 0.1) is 52.1 Å². The van der Waals surface area contributed by atoms with E-state index in [2.05, 4.69) is 32.1 Å². The molecule has 40 heavy (non-hydrogen) atoms. The molecule has 2 amide bonds. The minimum Gasteiger partial charge on any atom is -0.387 e. The fourth-order valence-electron chi connectivity index (χ4n) is 5.88. The fraction of sp³-hybridized carbons (Fsp3) is 0.483. The van der Waals surface area contributed by atoms with Crippen LogP contribution < -0.4 is 16.0 Å². The van der Waals surface area contributed by atoms with Crippen LogP contribution in [0.5, 0.6) is 0 Å². The van der Waals surface area contributed by atoms with E-state index in [4.69, 9.17) is 0 Å². The Balaban J connectivity index is 1.47. The lowest BCUT2D eigenvalue weighted by Gasteiger charge is -2.54. The van der Waals surface area contributed by atoms with Crippen LogP contribution in [0.15, 0.2) is 36.7 Å². The van der Waals surface area contributed by atoms with Gasteiger partial charge >= 0.3 is 0 Å². The predicted molar refractivity (Wildman–Crippen MR) is 147 cm³/mol. The predicted octanol–water partition coefficient (Wildman–Crippen LogP) is 3.50. The van der Waals surface area contributed by atoms with E-state index in [0.29, 0.717) is 22.6 Å². The highest BCUT2D eigenvalue weighted by Crippen LogP contribution is 2.48. The Morgan fingerprint density at radius 3 is 2.45 bits per heavy atom. The summed E-state index contributed by atoms with van der Waals surface area (Å²) in [4.78, 5) is 29.6. The Labute approximate surface area is 232 Å². The quantitative estimate of drug-likeness (QED) is 0.338. The first kappa shape index (κ1) is 27.5. The Kier molecular flexibility index (Phi) is 7.00. The lowest BCUT2D eigenvalue weighted by molar-refractivity contribution is -0.122. The number of anilines is 1. The van der Waals surface area contributed by atoms with Crippen molar-refractivity contribution < 1.29 is 19.1 Å². The van der Waals surface area contributed by atoms with Gasteiger partial charge in [0, 0.05) is 24.2 Å². The molecule has 1 atom stereocenters. The van der Waals surface area contributed by atoms with E-state index in [0.717, 1.165) is 44.0 Å². The molecule has 2 bridgehead atoms. The van der Waals surface area contributed by atoms with Gasteiger partial charge in [0.15, 0.2) is 0 Å². The molecule has 1 unspecified atom stereocenters. The van der Waals surface area contributed by atoms with Crippen LogP contribution in [0.2, 0.25) is 0 Å². The molecule has 3 aliphatic rings. The number of alkyl halides is 1. The molecule has 3 fully saturated rings. The summed E-state index contributed by atoms with van der Waals surface area (Å²) >= 11 is 0. The van der Waals surface area contributed by atoms with Crippen molar-refractivity contribution in [3.05, 3.63) is 47.8 Å². The monoisotopic (exact) mass is 547 g/mol. The van der Waals surface area contributed by atoms with Crippen LogP contribution in [0.1, 0.15) is 75.2 Å². The number of nitrogens with zero attached hydrogens (tertiary/aromatic N) is 4. The summed E-state index contributed by atoms with van der Waals surface area (Å²) < 4.78 is 16.1. The lowest BCUT2D eigenvalue weighted by Crippen LogP contribution is -2.60. The number of hydrogen-bond donors (Lipinski definition) is 4. The van der Waals surface area contributed by atoms with Crippen LogP contribution in [0.25, 0.3) is 16.9 Å². The van der Waals surface area contributed by atoms with Gasteiger partial charge in [-0.2, -0.15) is 10.4 Å². The van der Waals surface area contributed by atoms with E-state index in [1.54, 1.807) is 23.6 Å². The first-order valence-electron chi connectivity index (χ1n) is 13.5. The zero-order valence-corrected chi connectivity index (χ0v) is 22.9. The number of hydrogen-bond acceptors (Lipinski definition) is 7. The number of fused-ring (bicyclic) bond motifs is 4. The molecule has 3 saturated carbocycles. The maximum absolute atomic E-state index is 14.4. The highest BCUT2D eigenvalue weighted by molar-refractivity contribution is 6.00. The molecule has 0 spiro atoms. The summed E-state index contributed by atoms with van der Waals surface area (Å²) in [5, 5.41) is 33.0. The van der Waals surface area contributed by atoms with Crippen LogP contribution in [0, 0.1) is 11.3 Å². The van der Waals surface area contributed by atoms with Crippen LogP contribution in [0.4, 0.5) is 10.1 Å². The molecule has 3 aliphatic carbocycles. The number of halogens is 1. The largest absolute Gasteiger partial charge is 0.387 e. The molecule has 0 aromatic carbocycles. The number of carbonyl (C=O) groups excluding carboxylic acids is 2. The molecular weight excluding hydrogens is 513 g/mol. The zero-order chi connectivity index (χ0) is 28.7. The van der Waals surface area contributed by atoms with Crippen molar-refractivity contribution in [1.29, 1.82) is 5.26 Å². The van der Waals surface area contributed by atoms with Gasteiger partial charge in [-0.15, -0.1) is 0 Å². The molecule has 6 rings (SSSR count). The van der Waals surface area contributed by atoms with Crippen molar-refractivity contribution in [2.24, 2.45) is 0 Å². The van der Waals surface area contributed by atoms with Gasteiger partial charge in [0.2, 0.25) is 5.91 Å². The molecule has 3 aromatic rings. The number of nitriles is 1. The van der Waals surface area contributed by atoms with Gasteiger partial charge < -0.3 is 21.1 Å². The standard InChI is InChI=1S/C29H34FN7O3/c1-18(38)35-28-6-9-29(10-7-28,11-8-28)36-22-13-23(24-5-4-20-12-19(14-31)15-34-37(20)24)32-16-21(22)26(39)33-17-25(30)27(2,3)40/h4-5,12-13,15-16,25,40H,6-11,17H2,1-3H3,(H,32,36)(H,33,39)(H,35,38). The van der Waals surface area contributed by atoms with E-state index < -0.39 is 17.7 Å². The Bertz CT molecular complexity index is 1480. The van der Waals surface area contributed by atoms with E-state index >= 15 is 0 Å². The summed E-state index contributed by atoms with van der Waals surface area (Å²) in [6.45, 7) is 3.92. The van der Waals surface area contributed by atoms with Gasteiger partial charge in [0.1, 0.15) is 12.2 Å². The molecule has 0 saturated heterocycles. The van der Waals surface area contributed by atoms with Crippen molar-refractivity contribution in [3.8, 4) is 17.5 Å². The number of amides is 2. The van der Waals surface area contributed by atoms with Crippen LogP contribution in [-0.4, -0.2) is 60.9 Å². The third kappa shape index (κ3) is 5.36. The summed E-state index contributed by atoms with van der Waals surface area (Å²) in [7, 11) is 0. The number of carbonyl (C=O) groups is 2. The topological polar surface area (TPSA) is 144 Å². The number of aliphatic hydroxyl groups is 1. The van der Waals surface area contributed by atoms with Gasteiger partial charge in [-0.3, -0.25) is 14.6 Å². The minimum atomic E-state index is -1.64. The second kappa shape index (κ2) is 10.2. The molecular formula is C29H34FN7O3. The van der Waals surface area contributed by atoms with E-state index in [1.165, 1.54) is 26.2 Å². The average Bonchev–Trinajstić information content (AvgIpc) is 3.35. The summed E-state index contributed by atoms with van der Waals surface area (Å²) in [5.74, 6) is -0.520. The number of pyridine rings is 1. The first-order chi connectivity index (χ1) is 18.9. The molecule has 11 heteroatoms. The highest BCUT2D eigenvalue weighted by atomic mass is 19.1. The summed E-state index contributed by atoms with van der Waals surface area (Å²) in [6, 6.07) is 9.33. The van der Waals surface area contributed by atoms with E-state index in [9.17, 15) is 24.3 Å². The van der Waals surface area contributed by atoms with Gasteiger partial charge in [-0.1, -0.05) is 0 Å². The van der Waals surface area contributed by atoms with E-state index in [-0.39, 0.29) is 29.1 Å². The first-order valence-corrected chi connectivity index (χ1v) is 13.5. The Morgan fingerprint density at radius 2 is 1.82 bits per heavy atom. The van der Waals surface area contributed by atoms with Crippen LogP contribution in [-0.2, 0) is 4.79 Å². The average molecular weight is 548 g/mol. The third-order valence-corrected chi connectivity index (χ3v) is 8.34. The SMILES string of the molecule is CC(=O)NC12CCC(Nc3cc(-c4ccc5cc(C#N)cnn45)ncc3C(=O)NCC(F)C(C)(C)O)(CC1)CC2. The second-order valence-corrected chi connectivity index (χ2v) is 11.7. The van der Waals surface area contributed by atoms with Crippen molar-refractivity contribution in [3.63, 3.8) is 0 Å². The summed E-state index contributed by atoms with van der Waals surface area (Å²) in [6.07, 6.45) is 6.29. The van der Waals surface area contributed by atoms with Crippen molar-refractivity contribution >= 4 is 23.0 Å². The molecule has 0 aliphatic heterocycles. The van der Waals surface area contributed by atoms with Gasteiger partial charge in [-0.05, 0) is 76.6 Å². The molecule has 0 radical (unpaired) electrons. The third-order valence-electron chi connectivity index (χ3n) is 8.34. The molecule has 10 nitrogen and oxygen atoms in total. The molecule has 4 N–H and O–H groups in total. The smallest absolute Gasteiger partial charge is 0.255 e. The highest BCUT2D eigenvalue weighted by Gasteiger charge is 2.49. The van der Waals surface area contributed by atoms with Gasteiger partial charge in [0.25, 0.3) is 5.91 Å². The number of nitrogens with one attached hydrogen (secondary N) is 3. The summed E-state index contributed by atoms with van der Waals surface area (Å²) in [5.41, 5.74) is 1.26. The lowest BCUT2D eigenvalue weighted by atomic mass is 9.61. The van der Waals surface area contributed by atoms with Crippen LogP contribution in [0.3, 0.4) is 0 Å². The van der Waals surface area contributed by atoms with Crippen molar-refractivity contribution in [2.75, 3.05) is 11.9 Å². The second-order valence-electron chi connectivity index (χ2n) is 11.7. The Hall–Kier alpha value is -4.04. The fourth-order valence-corrected chi connectivity index (χ4v) is 5.88.